The Balaban J connectivity index is 1.20. The van der Waals surface area contributed by atoms with E-state index < -0.39 is 12.2 Å². The van der Waals surface area contributed by atoms with Crippen molar-refractivity contribution in [2.45, 2.75) is 53.1 Å². The third-order valence-electron chi connectivity index (χ3n) is 8.06. The van der Waals surface area contributed by atoms with E-state index in [-0.39, 0.29) is 25.2 Å². The molecule has 1 fully saturated rings. The first-order valence-corrected chi connectivity index (χ1v) is 12.6. The van der Waals surface area contributed by atoms with E-state index >= 15 is 0 Å². The number of β-amino-alcohol motifs (C(OH)–C–C–N with tert-alkyl or cyclic N) is 2. The van der Waals surface area contributed by atoms with Crippen LogP contribution in [0.15, 0.2) is 12.1 Å². The van der Waals surface area contributed by atoms with Gasteiger partial charge >= 0.3 is 11.9 Å². The van der Waals surface area contributed by atoms with E-state index in [1.807, 2.05) is 39.8 Å². The fourth-order valence-corrected chi connectivity index (χ4v) is 6.10. The maximum absolute atomic E-state index is 11.9. The van der Waals surface area contributed by atoms with Gasteiger partial charge in [-0.3, -0.25) is 9.80 Å². The second-order valence-electron chi connectivity index (χ2n) is 10.3. The van der Waals surface area contributed by atoms with Gasteiger partial charge in [0.2, 0.25) is 0 Å². The Labute approximate surface area is 211 Å². The summed E-state index contributed by atoms with van der Waals surface area (Å²) in [5, 5.41) is 22.2. The number of esters is 2. The van der Waals surface area contributed by atoms with Crippen LogP contribution in [-0.4, -0.2) is 71.2 Å². The lowest BCUT2D eigenvalue weighted by atomic mass is 9.90. The summed E-state index contributed by atoms with van der Waals surface area (Å²) >= 11 is 0. The Morgan fingerprint density at radius 2 is 1.08 bits per heavy atom. The highest BCUT2D eigenvalue weighted by Crippen LogP contribution is 2.34. The first kappa shape index (κ1) is 24.9. The van der Waals surface area contributed by atoms with E-state index in [9.17, 15) is 19.8 Å². The van der Waals surface area contributed by atoms with E-state index in [0.29, 0.717) is 24.2 Å². The number of benzene rings is 2. The summed E-state index contributed by atoms with van der Waals surface area (Å²) in [5.74, 6) is -0.578. The molecule has 192 valence electrons. The van der Waals surface area contributed by atoms with E-state index in [0.717, 1.165) is 70.7 Å². The van der Waals surface area contributed by atoms with Gasteiger partial charge in [-0.25, -0.2) is 9.59 Å². The van der Waals surface area contributed by atoms with Gasteiger partial charge in [-0.05, 0) is 73.2 Å². The van der Waals surface area contributed by atoms with Crippen LogP contribution in [0.1, 0.15) is 77.4 Å². The van der Waals surface area contributed by atoms with Crippen molar-refractivity contribution in [1.29, 1.82) is 0 Å². The van der Waals surface area contributed by atoms with Crippen LogP contribution < -0.4 is 0 Å². The summed E-state index contributed by atoms with van der Waals surface area (Å²) in [4.78, 5) is 28.4. The van der Waals surface area contributed by atoms with Gasteiger partial charge in [-0.15, -0.1) is 0 Å². The Hall–Kier alpha value is -2.78. The van der Waals surface area contributed by atoms with Gasteiger partial charge in [-0.1, -0.05) is 0 Å². The highest BCUT2D eigenvalue weighted by molar-refractivity contribution is 5.95. The predicted octanol–water partition coefficient (Wildman–Crippen LogP) is 2.65. The van der Waals surface area contributed by atoms with Crippen LogP contribution in [0, 0.1) is 27.7 Å². The number of carbonyl (C=O) groups is 2. The molecule has 2 N–H and O–H groups in total. The first-order valence-electron chi connectivity index (χ1n) is 12.6. The fourth-order valence-electron chi connectivity index (χ4n) is 6.10. The molecular formula is C28H34N2O6. The molecule has 5 rings (SSSR count). The number of hydrogen-bond acceptors (Lipinski definition) is 8. The maximum atomic E-state index is 11.9. The van der Waals surface area contributed by atoms with Crippen molar-refractivity contribution < 1.29 is 29.3 Å². The molecule has 1 saturated heterocycles. The minimum atomic E-state index is -0.648. The van der Waals surface area contributed by atoms with Crippen LogP contribution in [-0.2, 0) is 22.7 Å². The van der Waals surface area contributed by atoms with Gasteiger partial charge in [-0.2, -0.15) is 0 Å². The summed E-state index contributed by atoms with van der Waals surface area (Å²) in [7, 11) is 0. The number of hydrogen-bond donors (Lipinski definition) is 2. The minimum Gasteiger partial charge on any atom is -0.457 e. The molecule has 2 aromatic rings. The van der Waals surface area contributed by atoms with Crippen molar-refractivity contribution in [3.63, 3.8) is 0 Å². The van der Waals surface area contributed by atoms with Gasteiger partial charge in [0.05, 0.1) is 23.3 Å². The molecule has 36 heavy (non-hydrogen) atoms. The minimum absolute atomic E-state index is 0.271. The summed E-state index contributed by atoms with van der Waals surface area (Å²) in [6.07, 6.45) is -1.30. The molecule has 2 atom stereocenters. The molecule has 3 heterocycles. The molecule has 2 aromatic carbocycles. The zero-order valence-corrected chi connectivity index (χ0v) is 21.4. The normalized spacial score (nSPS) is 19.6. The molecule has 8 heteroatoms. The lowest BCUT2D eigenvalue weighted by Gasteiger charge is -2.37. The Morgan fingerprint density at radius 3 is 1.44 bits per heavy atom. The van der Waals surface area contributed by atoms with Gasteiger partial charge < -0.3 is 19.7 Å². The van der Waals surface area contributed by atoms with Gasteiger partial charge in [0.15, 0.2) is 0 Å². The highest BCUT2D eigenvalue weighted by Gasteiger charge is 2.31. The molecule has 0 radical (unpaired) electrons. The quantitative estimate of drug-likeness (QED) is 0.592. The summed E-state index contributed by atoms with van der Waals surface area (Å²) < 4.78 is 10.4. The predicted molar refractivity (Wildman–Crippen MR) is 133 cm³/mol. The Morgan fingerprint density at radius 1 is 0.722 bits per heavy atom. The molecule has 0 saturated carbocycles. The highest BCUT2D eigenvalue weighted by atomic mass is 16.5. The molecule has 0 aliphatic carbocycles. The number of piperazine rings is 1. The summed E-state index contributed by atoms with van der Waals surface area (Å²) in [6, 6.07) is 3.67. The van der Waals surface area contributed by atoms with Crippen molar-refractivity contribution >= 4 is 11.9 Å². The summed E-state index contributed by atoms with van der Waals surface area (Å²) in [5.41, 5.74) is 8.46. The van der Waals surface area contributed by atoms with Crippen molar-refractivity contribution in [2.75, 3.05) is 39.3 Å². The number of aliphatic hydroxyl groups excluding tert-OH is 2. The maximum Gasteiger partial charge on any atom is 0.338 e. The van der Waals surface area contributed by atoms with E-state index in [2.05, 4.69) is 9.80 Å². The summed E-state index contributed by atoms with van der Waals surface area (Å²) in [6.45, 7) is 12.5. The molecule has 0 aromatic heterocycles. The average Bonchev–Trinajstić information content (AvgIpc) is 3.38. The van der Waals surface area contributed by atoms with E-state index in [4.69, 9.17) is 9.47 Å². The molecule has 8 nitrogen and oxygen atoms in total. The number of cyclic esters (lactones) is 2. The molecule has 0 bridgehead atoms. The Bertz CT molecular complexity index is 1140. The number of rotatable bonds is 6. The van der Waals surface area contributed by atoms with Crippen molar-refractivity contribution in [3.05, 3.63) is 67.8 Å². The lowest BCUT2D eigenvalue weighted by Crippen LogP contribution is -2.48. The largest absolute Gasteiger partial charge is 0.457 e. The lowest BCUT2D eigenvalue weighted by molar-refractivity contribution is 0.0475. The van der Waals surface area contributed by atoms with Gasteiger partial charge in [0, 0.05) is 50.4 Å². The fraction of sp³-hybridized carbons (Fsp3) is 0.500. The van der Waals surface area contributed by atoms with Crippen LogP contribution in [0.4, 0.5) is 0 Å². The third-order valence-corrected chi connectivity index (χ3v) is 8.06. The van der Waals surface area contributed by atoms with Crippen LogP contribution in [0.2, 0.25) is 0 Å². The number of aryl methyl sites for hydroxylation is 2. The van der Waals surface area contributed by atoms with Crippen molar-refractivity contribution in [1.82, 2.24) is 9.80 Å². The van der Waals surface area contributed by atoms with Crippen LogP contribution in [0.3, 0.4) is 0 Å². The van der Waals surface area contributed by atoms with Gasteiger partial charge in [0.1, 0.15) is 13.2 Å². The molecule has 0 amide bonds. The SMILES string of the molecule is Cc1cc2c(c(C)c1C(O)CN1CCN(CC(O)c3c(C)cc4c(c3C)COC4=O)CC1)COC2=O. The topological polar surface area (TPSA) is 99.5 Å². The second kappa shape index (κ2) is 9.59. The van der Waals surface area contributed by atoms with Crippen LogP contribution in [0.5, 0.6) is 0 Å². The van der Waals surface area contributed by atoms with Crippen molar-refractivity contribution in [3.8, 4) is 0 Å². The molecule has 3 aliphatic heterocycles. The third kappa shape index (κ3) is 4.32. The van der Waals surface area contributed by atoms with Crippen LogP contribution >= 0.6 is 0 Å². The number of ether oxygens (including phenoxy) is 2. The van der Waals surface area contributed by atoms with Gasteiger partial charge in [0.25, 0.3) is 0 Å². The zero-order chi connectivity index (χ0) is 25.7. The molecule has 3 aliphatic rings. The second-order valence-corrected chi connectivity index (χ2v) is 10.3. The van der Waals surface area contributed by atoms with Crippen molar-refractivity contribution in [2.24, 2.45) is 0 Å². The number of aliphatic hydroxyl groups is 2. The molecular weight excluding hydrogens is 460 g/mol. The van der Waals surface area contributed by atoms with E-state index in [1.54, 1.807) is 0 Å². The number of nitrogens with zero attached hydrogens (tertiary/aromatic N) is 2. The van der Waals surface area contributed by atoms with Crippen LogP contribution in [0.25, 0.3) is 0 Å². The zero-order valence-electron chi connectivity index (χ0n) is 21.4. The monoisotopic (exact) mass is 494 g/mol. The molecule has 0 spiro atoms. The standard InChI is InChI=1S/C28H34N2O6/c1-15-9-19-21(13-35-27(19)33)17(3)25(15)23(31)11-29-5-7-30(8-6-29)12-24(32)26-16(2)10-20-22(18(26)4)14-36-28(20)34/h9-10,23-24,31-32H,5-8,11-14H2,1-4H3. The van der Waals surface area contributed by atoms with E-state index in [1.165, 1.54) is 0 Å². The Kier molecular flexibility index (Phi) is 6.63. The smallest absolute Gasteiger partial charge is 0.338 e. The first-order chi connectivity index (χ1) is 17.2. The molecule has 2 unspecified atom stereocenters. The average molecular weight is 495 g/mol. The number of fused-ring (bicyclic) bond motifs is 2. The number of carbonyl (C=O) groups excluding carboxylic acids is 2.